The molecule has 0 fully saturated rings. The molecule has 0 atom stereocenters. The van der Waals surface area contributed by atoms with Crippen LogP contribution in [0.25, 0.3) is 0 Å². The van der Waals surface area contributed by atoms with Gasteiger partial charge in [0.15, 0.2) is 5.84 Å². The molecule has 18 heavy (non-hydrogen) atoms. The fraction of sp³-hybridized carbons (Fsp3) is 0.417. The maximum atomic E-state index is 11.9. The number of nitrogens with zero attached hydrogens (tertiary/aromatic N) is 2. The summed E-state index contributed by atoms with van der Waals surface area (Å²) in [6, 6.07) is 7.04. The van der Waals surface area contributed by atoms with Crippen molar-refractivity contribution in [3.05, 3.63) is 29.8 Å². The fourth-order valence-electron chi connectivity index (χ4n) is 2.04. The molecule has 6 heteroatoms. The van der Waals surface area contributed by atoms with Gasteiger partial charge in [-0.05, 0) is 26.0 Å². The van der Waals surface area contributed by atoms with E-state index in [1.807, 2.05) is 24.8 Å². The summed E-state index contributed by atoms with van der Waals surface area (Å²) in [5.74, 6) is 0.506. The summed E-state index contributed by atoms with van der Waals surface area (Å²) < 4.78 is 27.8. The van der Waals surface area contributed by atoms with Gasteiger partial charge in [-0.2, -0.15) is 8.42 Å². The Bertz CT molecular complexity index is 579. The van der Waals surface area contributed by atoms with E-state index in [1.165, 1.54) is 0 Å². The molecule has 0 bridgehead atoms. The number of fused-ring (bicyclic) bond motifs is 1. The van der Waals surface area contributed by atoms with Gasteiger partial charge < -0.3 is 10.6 Å². The Morgan fingerprint density at radius 2 is 2.00 bits per heavy atom. The van der Waals surface area contributed by atoms with Crippen molar-refractivity contribution >= 4 is 15.9 Å². The minimum Gasteiger partial charge on any atom is -0.352 e. The second-order valence-electron chi connectivity index (χ2n) is 4.46. The van der Waals surface area contributed by atoms with Crippen LogP contribution >= 0.6 is 0 Å². The molecule has 0 spiro atoms. The molecule has 0 aromatic heterocycles. The lowest BCUT2D eigenvalue weighted by Crippen LogP contribution is -2.40. The molecule has 0 radical (unpaired) electrons. The number of sulfonamides is 1. The van der Waals surface area contributed by atoms with E-state index in [2.05, 4.69) is 4.40 Å². The van der Waals surface area contributed by atoms with Crippen LogP contribution < -0.4 is 5.73 Å². The first-order valence-electron chi connectivity index (χ1n) is 5.88. The van der Waals surface area contributed by atoms with Crippen LogP contribution in [0.3, 0.4) is 0 Å². The third-order valence-corrected chi connectivity index (χ3v) is 4.20. The Morgan fingerprint density at radius 1 is 1.33 bits per heavy atom. The van der Waals surface area contributed by atoms with Gasteiger partial charge in [-0.15, -0.1) is 4.40 Å². The smallest absolute Gasteiger partial charge is 0.285 e. The van der Waals surface area contributed by atoms with E-state index in [4.69, 9.17) is 5.73 Å². The number of amidine groups is 1. The molecular formula is C12H17N3O2S. The van der Waals surface area contributed by atoms with Crippen LogP contribution in [0.15, 0.2) is 33.6 Å². The van der Waals surface area contributed by atoms with Crippen LogP contribution in [0.2, 0.25) is 0 Å². The number of nitrogens with two attached hydrogens (primary N) is 1. The Morgan fingerprint density at radius 3 is 2.61 bits per heavy atom. The zero-order valence-corrected chi connectivity index (χ0v) is 11.3. The summed E-state index contributed by atoms with van der Waals surface area (Å²) in [5, 5.41) is 0. The van der Waals surface area contributed by atoms with E-state index in [-0.39, 0.29) is 10.9 Å². The zero-order chi connectivity index (χ0) is 13.3. The molecule has 2 N–H and O–H groups in total. The maximum absolute atomic E-state index is 11.9. The van der Waals surface area contributed by atoms with Gasteiger partial charge >= 0.3 is 0 Å². The normalized spacial score (nSPS) is 16.6. The van der Waals surface area contributed by atoms with Crippen LogP contribution in [0.5, 0.6) is 0 Å². The van der Waals surface area contributed by atoms with Gasteiger partial charge in [-0.25, -0.2) is 0 Å². The van der Waals surface area contributed by atoms with Crippen molar-refractivity contribution in [1.29, 1.82) is 0 Å². The minimum atomic E-state index is -3.55. The van der Waals surface area contributed by atoms with Crippen LogP contribution in [-0.2, 0) is 10.0 Å². The highest BCUT2D eigenvalue weighted by Crippen LogP contribution is 2.27. The summed E-state index contributed by atoms with van der Waals surface area (Å²) in [5.41, 5.74) is 6.24. The van der Waals surface area contributed by atoms with Crippen LogP contribution in [0.4, 0.5) is 0 Å². The highest BCUT2D eigenvalue weighted by molar-refractivity contribution is 7.90. The number of benzene rings is 1. The van der Waals surface area contributed by atoms with Crippen molar-refractivity contribution < 1.29 is 8.42 Å². The topological polar surface area (TPSA) is 75.8 Å². The summed E-state index contributed by atoms with van der Waals surface area (Å²) in [4.78, 5) is 2.20. The summed E-state index contributed by atoms with van der Waals surface area (Å²) in [6.07, 6.45) is 0. The molecule has 0 aliphatic carbocycles. The molecule has 0 saturated carbocycles. The van der Waals surface area contributed by atoms with Gasteiger partial charge in [0.05, 0.1) is 0 Å². The number of hydrogen-bond donors (Lipinski definition) is 1. The maximum Gasteiger partial charge on any atom is 0.285 e. The van der Waals surface area contributed by atoms with Crippen molar-refractivity contribution in [2.75, 3.05) is 13.1 Å². The SMILES string of the molecule is CC(C)N(CCN)C1=NS(=O)(=O)c2ccccc21. The first-order valence-corrected chi connectivity index (χ1v) is 7.32. The summed E-state index contributed by atoms with van der Waals surface area (Å²) in [6.45, 7) is 5.03. The molecule has 1 aromatic rings. The zero-order valence-electron chi connectivity index (χ0n) is 10.5. The fourth-order valence-corrected chi connectivity index (χ4v) is 3.26. The Hall–Kier alpha value is -1.40. The number of rotatable bonds is 3. The van der Waals surface area contributed by atoms with E-state index in [1.54, 1.807) is 18.2 Å². The average Bonchev–Trinajstić information content (AvgIpc) is 2.59. The second kappa shape index (κ2) is 4.70. The predicted molar refractivity (Wildman–Crippen MR) is 71.1 cm³/mol. The lowest BCUT2D eigenvalue weighted by atomic mass is 10.1. The van der Waals surface area contributed by atoms with Gasteiger partial charge in [0.25, 0.3) is 10.0 Å². The first-order chi connectivity index (χ1) is 8.47. The average molecular weight is 267 g/mol. The van der Waals surface area contributed by atoms with Gasteiger partial charge in [-0.1, -0.05) is 12.1 Å². The minimum absolute atomic E-state index is 0.147. The van der Waals surface area contributed by atoms with Crippen LogP contribution in [0, 0.1) is 0 Å². The van der Waals surface area contributed by atoms with Crippen LogP contribution in [-0.4, -0.2) is 38.3 Å². The monoisotopic (exact) mass is 267 g/mol. The summed E-state index contributed by atoms with van der Waals surface area (Å²) >= 11 is 0. The highest BCUT2D eigenvalue weighted by Gasteiger charge is 2.32. The van der Waals surface area contributed by atoms with E-state index in [0.29, 0.717) is 24.5 Å². The van der Waals surface area contributed by atoms with Crippen molar-refractivity contribution in [1.82, 2.24) is 4.90 Å². The Balaban J connectivity index is 2.53. The quantitative estimate of drug-likeness (QED) is 0.879. The molecule has 0 saturated heterocycles. The van der Waals surface area contributed by atoms with Crippen molar-refractivity contribution in [3.63, 3.8) is 0 Å². The highest BCUT2D eigenvalue weighted by atomic mass is 32.2. The molecular weight excluding hydrogens is 250 g/mol. The first kappa shape index (κ1) is 13.0. The lowest BCUT2D eigenvalue weighted by molar-refractivity contribution is 0.359. The molecule has 1 heterocycles. The van der Waals surface area contributed by atoms with Crippen LogP contribution in [0.1, 0.15) is 19.4 Å². The van der Waals surface area contributed by atoms with Crippen molar-refractivity contribution in [2.24, 2.45) is 10.1 Å². The molecule has 0 amide bonds. The van der Waals surface area contributed by atoms with Gasteiger partial charge in [0, 0.05) is 24.7 Å². The largest absolute Gasteiger partial charge is 0.352 e. The molecule has 2 rings (SSSR count). The molecule has 0 unspecified atom stereocenters. The Kier molecular flexibility index (Phi) is 3.41. The van der Waals surface area contributed by atoms with Gasteiger partial charge in [0.1, 0.15) is 4.90 Å². The Labute approximate surface area is 107 Å². The van der Waals surface area contributed by atoms with E-state index in [9.17, 15) is 8.42 Å². The molecule has 1 aliphatic heterocycles. The molecule has 98 valence electrons. The number of hydrogen-bond acceptors (Lipinski definition) is 4. The molecule has 1 aromatic carbocycles. The van der Waals surface area contributed by atoms with Crippen molar-refractivity contribution in [3.8, 4) is 0 Å². The van der Waals surface area contributed by atoms with Crippen molar-refractivity contribution in [2.45, 2.75) is 24.8 Å². The lowest BCUT2D eigenvalue weighted by Gasteiger charge is -2.27. The van der Waals surface area contributed by atoms with Gasteiger partial charge in [-0.3, -0.25) is 0 Å². The second-order valence-corrected chi connectivity index (χ2v) is 6.03. The third-order valence-electron chi connectivity index (χ3n) is 2.88. The molecule has 1 aliphatic rings. The van der Waals surface area contributed by atoms with Gasteiger partial charge in [0.2, 0.25) is 0 Å². The van der Waals surface area contributed by atoms with E-state index < -0.39 is 10.0 Å². The predicted octanol–water partition coefficient (Wildman–Crippen LogP) is 0.805. The van der Waals surface area contributed by atoms with E-state index >= 15 is 0 Å². The standard InChI is InChI=1S/C12H17N3O2S/c1-9(2)15(8-7-13)12-10-5-3-4-6-11(10)18(16,17)14-12/h3-6,9H,7-8,13H2,1-2H3. The molecule has 5 nitrogen and oxygen atoms in total. The van der Waals surface area contributed by atoms with E-state index in [0.717, 1.165) is 0 Å². The summed E-state index contributed by atoms with van der Waals surface area (Å²) in [7, 11) is -3.55. The third kappa shape index (κ3) is 2.13.